The fourth-order valence-electron chi connectivity index (χ4n) is 3.91. The monoisotopic (exact) mass is 297 g/mol. The van der Waals surface area contributed by atoms with Crippen LogP contribution in [0.2, 0.25) is 0 Å². The third-order valence-electron chi connectivity index (χ3n) is 4.99. The average molecular weight is 297 g/mol. The number of allylic oxidation sites excluding steroid dienone is 1. The Kier molecular flexibility index (Phi) is 3.13. The number of aryl methyl sites for hydroxylation is 4. The largest absolute Gasteiger partial charge is 0.343 e. The Morgan fingerprint density at radius 3 is 2.78 bits per heavy atom. The molecule has 1 heterocycles. The Balaban J connectivity index is 2.13. The van der Waals surface area contributed by atoms with Crippen LogP contribution < -0.4 is 0 Å². The van der Waals surface area contributed by atoms with Crippen molar-refractivity contribution in [1.29, 1.82) is 0 Å². The SMILES string of the molecule is C#C/C=C\c1c(C)ccc2c1c1c(n2C)-c2ccccc2CC1. The third-order valence-corrected chi connectivity index (χ3v) is 4.99. The zero-order valence-corrected chi connectivity index (χ0v) is 13.6. The van der Waals surface area contributed by atoms with Crippen LogP contribution in [0.25, 0.3) is 28.2 Å². The minimum atomic E-state index is 1.09. The molecule has 2 aromatic carbocycles. The van der Waals surface area contributed by atoms with Crippen LogP contribution in [0.15, 0.2) is 42.5 Å². The van der Waals surface area contributed by atoms with Gasteiger partial charge in [-0.05, 0) is 60.2 Å². The van der Waals surface area contributed by atoms with Crippen LogP contribution in [-0.4, -0.2) is 4.57 Å². The molecule has 0 N–H and O–H groups in total. The van der Waals surface area contributed by atoms with Gasteiger partial charge in [-0.2, -0.15) is 0 Å². The first-order chi connectivity index (χ1) is 11.2. The summed E-state index contributed by atoms with van der Waals surface area (Å²) in [6, 6.07) is 13.2. The van der Waals surface area contributed by atoms with Gasteiger partial charge >= 0.3 is 0 Å². The fraction of sp³-hybridized carbons (Fsp3) is 0.182. The van der Waals surface area contributed by atoms with E-state index in [0.717, 1.165) is 12.8 Å². The van der Waals surface area contributed by atoms with Crippen molar-refractivity contribution in [3.8, 4) is 23.6 Å². The Morgan fingerprint density at radius 1 is 1.13 bits per heavy atom. The molecular weight excluding hydrogens is 278 g/mol. The molecule has 0 unspecified atom stereocenters. The van der Waals surface area contributed by atoms with Crippen LogP contribution in [0.1, 0.15) is 22.3 Å². The van der Waals surface area contributed by atoms with Gasteiger partial charge in [-0.1, -0.05) is 36.3 Å². The lowest BCUT2D eigenvalue weighted by atomic mass is 9.87. The van der Waals surface area contributed by atoms with E-state index < -0.39 is 0 Å². The maximum atomic E-state index is 5.43. The van der Waals surface area contributed by atoms with Crippen molar-refractivity contribution < 1.29 is 0 Å². The van der Waals surface area contributed by atoms with Crippen LogP contribution >= 0.6 is 0 Å². The molecule has 112 valence electrons. The maximum absolute atomic E-state index is 5.43. The zero-order valence-electron chi connectivity index (χ0n) is 13.6. The highest BCUT2D eigenvalue weighted by atomic mass is 15.0. The molecule has 0 fully saturated rings. The third kappa shape index (κ3) is 1.95. The van der Waals surface area contributed by atoms with E-state index in [0.29, 0.717) is 0 Å². The highest BCUT2D eigenvalue weighted by molar-refractivity contribution is 5.99. The molecule has 4 rings (SSSR count). The van der Waals surface area contributed by atoms with Gasteiger partial charge in [0.05, 0.1) is 5.69 Å². The number of benzene rings is 2. The van der Waals surface area contributed by atoms with Crippen molar-refractivity contribution in [2.75, 3.05) is 0 Å². The summed E-state index contributed by atoms with van der Waals surface area (Å²) < 4.78 is 2.34. The molecule has 23 heavy (non-hydrogen) atoms. The molecule has 0 bridgehead atoms. The van der Waals surface area contributed by atoms with E-state index in [4.69, 9.17) is 6.42 Å². The second-order valence-electron chi connectivity index (χ2n) is 6.23. The molecular formula is C22H19N. The van der Waals surface area contributed by atoms with Gasteiger partial charge in [-0.25, -0.2) is 0 Å². The minimum absolute atomic E-state index is 1.09. The molecule has 1 heteroatoms. The number of hydrogen-bond donors (Lipinski definition) is 0. The summed E-state index contributed by atoms with van der Waals surface area (Å²) in [7, 11) is 2.17. The van der Waals surface area contributed by atoms with E-state index in [2.05, 4.69) is 66.9 Å². The van der Waals surface area contributed by atoms with Gasteiger partial charge in [0.15, 0.2) is 0 Å². The van der Waals surface area contributed by atoms with Crippen LogP contribution in [0.3, 0.4) is 0 Å². The molecule has 3 aromatic rings. The van der Waals surface area contributed by atoms with Gasteiger partial charge < -0.3 is 4.57 Å². The van der Waals surface area contributed by atoms with Crippen molar-refractivity contribution in [2.45, 2.75) is 19.8 Å². The molecule has 0 saturated heterocycles. The lowest BCUT2D eigenvalue weighted by Gasteiger charge is -2.18. The second-order valence-corrected chi connectivity index (χ2v) is 6.23. The van der Waals surface area contributed by atoms with E-state index in [9.17, 15) is 0 Å². The number of aromatic nitrogens is 1. The Hall–Kier alpha value is -2.72. The number of hydrogen-bond acceptors (Lipinski definition) is 0. The summed E-state index contributed by atoms with van der Waals surface area (Å²) in [6.45, 7) is 2.16. The molecule has 0 aliphatic heterocycles. The van der Waals surface area contributed by atoms with Crippen molar-refractivity contribution in [3.05, 3.63) is 64.7 Å². The highest BCUT2D eigenvalue weighted by Crippen LogP contribution is 2.41. The first kappa shape index (κ1) is 13.9. The molecule has 0 amide bonds. The van der Waals surface area contributed by atoms with Crippen LogP contribution in [0, 0.1) is 19.3 Å². The number of terminal acetylenes is 1. The molecule has 0 spiro atoms. The van der Waals surface area contributed by atoms with E-state index >= 15 is 0 Å². The van der Waals surface area contributed by atoms with Gasteiger partial charge in [0, 0.05) is 23.5 Å². The molecule has 0 radical (unpaired) electrons. The van der Waals surface area contributed by atoms with Crippen LogP contribution in [0.5, 0.6) is 0 Å². The average Bonchev–Trinajstić information content (AvgIpc) is 2.87. The predicted molar refractivity (Wildman–Crippen MR) is 98.4 cm³/mol. The molecule has 0 atom stereocenters. The van der Waals surface area contributed by atoms with Crippen molar-refractivity contribution in [3.63, 3.8) is 0 Å². The smallest absolute Gasteiger partial charge is 0.0524 e. The topological polar surface area (TPSA) is 4.93 Å². The van der Waals surface area contributed by atoms with Crippen LogP contribution in [-0.2, 0) is 19.9 Å². The van der Waals surface area contributed by atoms with Gasteiger partial charge in [-0.3, -0.25) is 0 Å². The first-order valence-corrected chi connectivity index (χ1v) is 8.04. The number of fused-ring (bicyclic) bond motifs is 5. The highest BCUT2D eigenvalue weighted by Gasteiger charge is 2.24. The fourth-order valence-corrected chi connectivity index (χ4v) is 3.91. The summed E-state index contributed by atoms with van der Waals surface area (Å²) >= 11 is 0. The van der Waals surface area contributed by atoms with Crippen molar-refractivity contribution in [1.82, 2.24) is 4.57 Å². The van der Waals surface area contributed by atoms with Gasteiger partial charge in [0.2, 0.25) is 0 Å². The Bertz CT molecular complexity index is 993. The summed E-state index contributed by atoms with van der Waals surface area (Å²) in [5.74, 6) is 2.62. The maximum Gasteiger partial charge on any atom is 0.0524 e. The van der Waals surface area contributed by atoms with E-state index in [-0.39, 0.29) is 0 Å². The lowest BCUT2D eigenvalue weighted by molar-refractivity contribution is 0.902. The summed E-state index contributed by atoms with van der Waals surface area (Å²) in [4.78, 5) is 0. The quantitative estimate of drug-likeness (QED) is 0.563. The minimum Gasteiger partial charge on any atom is -0.343 e. The second kappa shape index (κ2) is 5.18. The zero-order chi connectivity index (χ0) is 16.0. The summed E-state index contributed by atoms with van der Waals surface area (Å²) in [5, 5.41) is 1.36. The number of nitrogens with zero attached hydrogens (tertiary/aromatic N) is 1. The molecule has 0 saturated carbocycles. The standard InChI is InChI=1S/C22H19N/c1-4-5-9-17-15(2)11-14-20-21(17)19-13-12-16-8-6-7-10-18(16)22(19)23(20)3/h1,5-11,14H,12-13H2,2-3H3/b9-5-. The van der Waals surface area contributed by atoms with Crippen molar-refractivity contribution >= 4 is 17.0 Å². The molecule has 1 aliphatic carbocycles. The van der Waals surface area contributed by atoms with E-state index in [1.165, 1.54) is 44.4 Å². The molecule has 1 nitrogen and oxygen atoms in total. The van der Waals surface area contributed by atoms with Crippen molar-refractivity contribution in [2.24, 2.45) is 7.05 Å². The molecule has 1 aromatic heterocycles. The van der Waals surface area contributed by atoms with Gasteiger partial charge in [0.25, 0.3) is 0 Å². The predicted octanol–water partition coefficient (Wildman–Crippen LogP) is 4.90. The molecule has 1 aliphatic rings. The summed E-state index contributed by atoms with van der Waals surface area (Å²) in [5.41, 5.74) is 9.46. The Labute approximate surface area is 137 Å². The van der Waals surface area contributed by atoms with Gasteiger partial charge in [0.1, 0.15) is 0 Å². The van der Waals surface area contributed by atoms with E-state index in [1.54, 1.807) is 6.08 Å². The van der Waals surface area contributed by atoms with Gasteiger partial charge in [-0.15, -0.1) is 6.42 Å². The number of rotatable bonds is 1. The van der Waals surface area contributed by atoms with Crippen LogP contribution in [0.4, 0.5) is 0 Å². The Morgan fingerprint density at radius 2 is 1.96 bits per heavy atom. The van der Waals surface area contributed by atoms with E-state index in [1.807, 2.05) is 0 Å². The normalized spacial score (nSPS) is 13.1. The summed E-state index contributed by atoms with van der Waals surface area (Å²) in [6.07, 6.45) is 11.5. The lowest BCUT2D eigenvalue weighted by Crippen LogP contribution is -2.05. The first-order valence-electron chi connectivity index (χ1n) is 8.04.